The van der Waals surface area contributed by atoms with Crippen molar-refractivity contribution in [3.63, 3.8) is 0 Å². The zero-order valence-corrected chi connectivity index (χ0v) is 20.3. The summed E-state index contributed by atoms with van der Waals surface area (Å²) in [7, 11) is 2.24. The van der Waals surface area contributed by atoms with Crippen LogP contribution in [0.15, 0.2) is 48.5 Å². The summed E-state index contributed by atoms with van der Waals surface area (Å²) in [6.07, 6.45) is 5.30. The molecule has 0 aromatic heterocycles. The van der Waals surface area contributed by atoms with Gasteiger partial charge in [-0.05, 0) is 81.6 Å². The minimum absolute atomic E-state index is 0.0808. The zero-order chi connectivity index (χ0) is 23.5. The lowest BCUT2D eigenvalue weighted by Crippen LogP contribution is -2.47. The molecule has 6 heteroatoms. The Labute approximate surface area is 202 Å². The van der Waals surface area contributed by atoms with Crippen LogP contribution in [0, 0.1) is 11.7 Å². The Morgan fingerprint density at radius 1 is 0.971 bits per heavy atom. The second-order valence-electron chi connectivity index (χ2n) is 10.3. The van der Waals surface area contributed by atoms with Gasteiger partial charge in [0.2, 0.25) is 5.91 Å². The predicted octanol–water partition coefficient (Wildman–Crippen LogP) is 4.34. The molecule has 5 rings (SSSR count). The molecule has 0 spiro atoms. The summed E-state index contributed by atoms with van der Waals surface area (Å²) in [5.74, 6) is 0.198. The van der Waals surface area contributed by atoms with E-state index in [0.29, 0.717) is 24.5 Å². The van der Waals surface area contributed by atoms with Crippen LogP contribution in [-0.2, 0) is 17.9 Å². The monoisotopic (exact) mass is 464 g/mol. The number of nitrogens with zero attached hydrogens (tertiary/aromatic N) is 3. The van der Waals surface area contributed by atoms with Crippen LogP contribution in [0.3, 0.4) is 0 Å². The first-order valence-electron chi connectivity index (χ1n) is 12.9. The van der Waals surface area contributed by atoms with E-state index in [1.165, 1.54) is 30.5 Å². The molecule has 3 aliphatic heterocycles. The van der Waals surface area contributed by atoms with Crippen LogP contribution in [-0.4, -0.2) is 65.9 Å². The van der Waals surface area contributed by atoms with Gasteiger partial charge in [-0.2, -0.15) is 0 Å². The van der Waals surface area contributed by atoms with Gasteiger partial charge in [0.15, 0.2) is 0 Å². The highest BCUT2D eigenvalue weighted by molar-refractivity contribution is 5.79. The normalized spacial score (nSPS) is 24.8. The van der Waals surface area contributed by atoms with Gasteiger partial charge in [-0.25, -0.2) is 4.39 Å². The number of hydrogen-bond donors (Lipinski definition) is 1. The maximum absolute atomic E-state index is 13.8. The molecule has 2 saturated heterocycles. The predicted molar refractivity (Wildman–Crippen MR) is 134 cm³/mol. The van der Waals surface area contributed by atoms with Crippen LogP contribution >= 0.6 is 0 Å². The molecule has 2 fully saturated rings. The summed E-state index contributed by atoms with van der Waals surface area (Å²) in [6, 6.07) is 16.3. The number of para-hydroxylation sites is 1. The number of carbonyl (C=O) groups is 1. The Kier molecular flexibility index (Phi) is 7.16. The van der Waals surface area contributed by atoms with Crippen molar-refractivity contribution in [2.24, 2.45) is 5.92 Å². The average Bonchev–Trinajstić information content (AvgIpc) is 3.18. The molecule has 182 valence electrons. The summed E-state index contributed by atoms with van der Waals surface area (Å²) < 4.78 is 13.2. The molecule has 0 saturated carbocycles. The summed E-state index contributed by atoms with van der Waals surface area (Å²) in [5.41, 5.74) is 3.50. The minimum atomic E-state index is -0.195. The molecular formula is C28H37FN4O. The van der Waals surface area contributed by atoms with Gasteiger partial charge in [-0.1, -0.05) is 30.3 Å². The minimum Gasteiger partial charge on any atom is -0.385 e. The van der Waals surface area contributed by atoms with Crippen LogP contribution in [0.5, 0.6) is 0 Å². The summed E-state index contributed by atoms with van der Waals surface area (Å²) >= 11 is 0. The molecule has 2 aromatic carbocycles. The fraction of sp³-hybridized carbons (Fsp3) is 0.536. The largest absolute Gasteiger partial charge is 0.385 e. The highest BCUT2D eigenvalue weighted by atomic mass is 19.1. The molecule has 0 unspecified atom stereocenters. The lowest BCUT2D eigenvalue weighted by Gasteiger charge is -2.36. The molecule has 2 atom stereocenters. The number of fused-ring (bicyclic) bond motifs is 3. The Balaban J connectivity index is 1.27. The first-order chi connectivity index (χ1) is 16.6. The van der Waals surface area contributed by atoms with E-state index in [1.54, 1.807) is 0 Å². The van der Waals surface area contributed by atoms with E-state index < -0.39 is 0 Å². The lowest BCUT2D eigenvalue weighted by molar-refractivity contribution is -0.138. The fourth-order valence-corrected chi connectivity index (χ4v) is 6.00. The molecule has 2 aromatic rings. The number of halogens is 1. The molecule has 1 amide bonds. The zero-order valence-electron chi connectivity index (χ0n) is 20.3. The Hall–Kier alpha value is -2.44. The number of hydrogen-bond acceptors (Lipinski definition) is 4. The van der Waals surface area contributed by atoms with Gasteiger partial charge < -0.3 is 10.2 Å². The number of rotatable bonds is 3. The van der Waals surface area contributed by atoms with Gasteiger partial charge in [0.1, 0.15) is 5.82 Å². The Morgan fingerprint density at radius 3 is 2.50 bits per heavy atom. The molecule has 3 heterocycles. The Morgan fingerprint density at radius 2 is 1.71 bits per heavy atom. The van der Waals surface area contributed by atoms with Crippen molar-refractivity contribution in [2.45, 2.75) is 57.3 Å². The van der Waals surface area contributed by atoms with Crippen molar-refractivity contribution in [1.29, 1.82) is 0 Å². The highest BCUT2D eigenvalue weighted by Gasteiger charge is 2.35. The second-order valence-corrected chi connectivity index (χ2v) is 10.3. The number of piperidine rings is 1. The van der Waals surface area contributed by atoms with Crippen molar-refractivity contribution in [3.05, 3.63) is 65.5 Å². The SMILES string of the molecule is CN1[C@@H]2CCNc3ccccc3CN(C(=O)C3CCN(Cc4ccc(F)cc4)CC3)C[C@H]1CC2. The second kappa shape index (κ2) is 10.4. The standard InChI is InChI=1S/C28H37FN4O/c1-31-25-10-11-26(31)20-33(19-23-4-2-3-5-27(23)30-15-12-25)28(34)22-13-16-32(17-14-22)18-21-6-8-24(29)9-7-21/h2-9,22,25-26,30H,10-20H2,1H3/t25-,26+/m0/s1. The summed E-state index contributed by atoms with van der Waals surface area (Å²) in [4.78, 5) is 20.9. The average molecular weight is 465 g/mol. The third-order valence-corrected chi connectivity index (χ3v) is 8.16. The van der Waals surface area contributed by atoms with Crippen molar-refractivity contribution in [1.82, 2.24) is 14.7 Å². The number of anilines is 1. The van der Waals surface area contributed by atoms with Crippen molar-refractivity contribution in [3.8, 4) is 0 Å². The van der Waals surface area contributed by atoms with Crippen molar-refractivity contribution < 1.29 is 9.18 Å². The molecule has 5 nitrogen and oxygen atoms in total. The topological polar surface area (TPSA) is 38.8 Å². The van der Waals surface area contributed by atoms with E-state index in [9.17, 15) is 9.18 Å². The molecule has 3 aliphatic rings. The van der Waals surface area contributed by atoms with Gasteiger partial charge in [-0.3, -0.25) is 14.6 Å². The van der Waals surface area contributed by atoms with Gasteiger partial charge in [0.05, 0.1) is 0 Å². The smallest absolute Gasteiger partial charge is 0.226 e. The van der Waals surface area contributed by atoms with E-state index >= 15 is 0 Å². The molecule has 0 aliphatic carbocycles. The molecule has 2 bridgehead atoms. The lowest BCUT2D eigenvalue weighted by atomic mass is 9.94. The third kappa shape index (κ3) is 5.28. The number of likely N-dealkylation sites (tertiary alicyclic amines) is 1. The van der Waals surface area contributed by atoms with E-state index in [1.807, 2.05) is 12.1 Å². The van der Waals surface area contributed by atoms with Crippen molar-refractivity contribution in [2.75, 3.05) is 38.5 Å². The van der Waals surface area contributed by atoms with E-state index in [-0.39, 0.29) is 11.7 Å². The fourth-order valence-electron chi connectivity index (χ4n) is 6.00. The van der Waals surface area contributed by atoms with Crippen LogP contribution in [0.1, 0.15) is 43.2 Å². The number of nitrogens with one attached hydrogen (secondary N) is 1. The number of likely N-dealkylation sites (N-methyl/N-ethyl adjacent to an activating group) is 1. The summed E-state index contributed by atoms with van der Waals surface area (Å²) in [6.45, 7) is 5.09. The van der Waals surface area contributed by atoms with Gasteiger partial charge >= 0.3 is 0 Å². The number of carbonyl (C=O) groups excluding carboxylic acids is 1. The maximum Gasteiger partial charge on any atom is 0.226 e. The van der Waals surface area contributed by atoms with E-state index in [0.717, 1.165) is 63.2 Å². The van der Waals surface area contributed by atoms with Gasteiger partial charge in [0, 0.05) is 49.9 Å². The van der Waals surface area contributed by atoms with Crippen LogP contribution in [0.25, 0.3) is 0 Å². The number of benzene rings is 2. The number of amides is 1. The van der Waals surface area contributed by atoms with Crippen LogP contribution < -0.4 is 5.32 Å². The molecule has 0 radical (unpaired) electrons. The highest BCUT2D eigenvalue weighted by Crippen LogP contribution is 2.30. The van der Waals surface area contributed by atoms with Gasteiger partial charge in [0.25, 0.3) is 0 Å². The third-order valence-electron chi connectivity index (χ3n) is 8.16. The van der Waals surface area contributed by atoms with Crippen LogP contribution in [0.2, 0.25) is 0 Å². The maximum atomic E-state index is 13.8. The van der Waals surface area contributed by atoms with E-state index in [2.05, 4.69) is 51.3 Å². The molecule has 1 N–H and O–H groups in total. The summed E-state index contributed by atoms with van der Waals surface area (Å²) in [5, 5.41) is 3.64. The first kappa shape index (κ1) is 23.3. The first-order valence-corrected chi connectivity index (χ1v) is 12.9. The Bertz CT molecular complexity index is 973. The van der Waals surface area contributed by atoms with Gasteiger partial charge in [-0.15, -0.1) is 0 Å². The van der Waals surface area contributed by atoms with E-state index in [4.69, 9.17) is 0 Å². The van der Waals surface area contributed by atoms with Crippen LogP contribution in [0.4, 0.5) is 10.1 Å². The van der Waals surface area contributed by atoms with Crippen molar-refractivity contribution >= 4 is 11.6 Å². The quantitative estimate of drug-likeness (QED) is 0.733. The molecular weight excluding hydrogens is 427 g/mol. The molecule has 34 heavy (non-hydrogen) atoms.